The first-order chi connectivity index (χ1) is 14.1. The molecule has 5 heteroatoms. The van der Waals surface area contributed by atoms with E-state index >= 15 is 0 Å². The van der Waals surface area contributed by atoms with Gasteiger partial charge in [0.1, 0.15) is 11.9 Å². The average Bonchev–Trinajstić information content (AvgIpc) is 3.24. The Morgan fingerprint density at radius 2 is 1.52 bits per heavy atom. The molecule has 4 aromatic rings. The number of halogens is 1. The molecule has 1 N–H and O–H groups in total. The molecular weight excluding hydrogens is 365 g/mol. The fourth-order valence-corrected chi connectivity index (χ4v) is 3.16. The van der Waals surface area contributed by atoms with E-state index in [1.807, 2.05) is 42.5 Å². The van der Waals surface area contributed by atoms with E-state index in [-0.39, 0.29) is 5.82 Å². The van der Waals surface area contributed by atoms with Crippen LogP contribution in [0.2, 0.25) is 0 Å². The van der Waals surface area contributed by atoms with Gasteiger partial charge in [-0.05, 0) is 41.8 Å². The van der Waals surface area contributed by atoms with Crippen molar-refractivity contribution in [2.24, 2.45) is 0 Å². The number of benzene rings is 3. The molecule has 0 aliphatic rings. The van der Waals surface area contributed by atoms with Gasteiger partial charge < -0.3 is 9.73 Å². The van der Waals surface area contributed by atoms with Crippen molar-refractivity contribution in [3.8, 4) is 11.5 Å². The van der Waals surface area contributed by atoms with Crippen LogP contribution >= 0.6 is 0 Å². The van der Waals surface area contributed by atoms with Crippen LogP contribution < -0.4 is 5.32 Å². The molecule has 0 bridgehead atoms. The molecule has 146 valence electrons. The van der Waals surface area contributed by atoms with Gasteiger partial charge in [-0.1, -0.05) is 62.4 Å². The largest absolute Gasteiger partial charge is 0.418 e. The highest BCUT2D eigenvalue weighted by Crippen LogP contribution is 2.30. The minimum Gasteiger partial charge on any atom is -0.418 e. The molecule has 0 radical (unpaired) electrons. The third kappa shape index (κ3) is 4.19. The fraction of sp³-hybridized carbons (Fsp3) is 0.167. The molecule has 1 unspecified atom stereocenters. The SMILES string of the molecule is CC(C)c1ccc(NC(c2nnc(-c3ccccc3)o2)c2ccccc2F)cc1. The summed E-state index contributed by atoms with van der Waals surface area (Å²) in [7, 11) is 0. The Bertz CT molecular complexity index is 1070. The highest BCUT2D eigenvalue weighted by molar-refractivity contribution is 5.53. The Hall–Kier alpha value is -3.47. The number of hydrogen-bond acceptors (Lipinski definition) is 4. The first kappa shape index (κ1) is 18.9. The molecule has 1 heterocycles. The average molecular weight is 387 g/mol. The molecule has 1 aromatic heterocycles. The molecule has 4 nitrogen and oxygen atoms in total. The first-order valence-electron chi connectivity index (χ1n) is 9.61. The summed E-state index contributed by atoms with van der Waals surface area (Å²) in [5.74, 6) is 0.819. The summed E-state index contributed by atoms with van der Waals surface area (Å²) in [5.41, 5.74) is 3.35. The zero-order valence-corrected chi connectivity index (χ0v) is 16.3. The predicted octanol–water partition coefficient (Wildman–Crippen LogP) is 6.20. The van der Waals surface area contributed by atoms with Gasteiger partial charge in [0, 0.05) is 16.8 Å². The van der Waals surface area contributed by atoms with Crippen molar-refractivity contribution >= 4 is 5.69 Å². The van der Waals surface area contributed by atoms with Gasteiger partial charge in [0.15, 0.2) is 0 Å². The molecule has 0 fully saturated rings. The Balaban J connectivity index is 1.70. The smallest absolute Gasteiger partial charge is 0.247 e. The quantitative estimate of drug-likeness (QED) is 0.428. The van der Waals surface area contributed by atoms with Gasteiger partial charge in [0.25, 0.3) is 0 Å². The van der Waals surface area contributed by atoms with E-state index in [1.54, 1.807) is 18.2 Å². The van der Waals surface area contributed by atoms with Crippen molar-refractivity contribution in [3.05, 3.63) is 102 Å². The lowest BCUT2D eigenvalue weighted by Crippen LogP contribution is -2.14. The van der Waals surface area contributed by atoms with Crippen LogP contribution in [0.25, 0.3) is 11.5 Å². The maximum Gasteiger partial charge on any atom is 0.247 e. The zero-order valence-electron chi connectivity index (χ0n) is 16.3. The lowest BCUT2D eigenvalue weighted by molar-refractivity contribution is 0.485. The molecule has 0 aliphatic carbocycles. The van der Waals surface area contributed by atoms with Crippen LogP contribution in [0.5, 0.6) is 0 Å². The second kappa shape index (κ2) is 8.27. The van der Waals surface area contributed by atoms with Gasteiger partial charge in [-0.2, -0.15) is 0 Å². The summed E-state index contributed by atoms with van der Waals surface area (Å²) in [4.78, 5) is 0. The van der Waals surface area contributed by atoms with Crippen molar-refractivity contribution in [2.45, 2.75) is 25.8 Å². The summed E-state index contributed by atoms with van der Waals surface area (Å²) < 4.78 is 20.5. The Kier molecular flexibility index (Phi) is 5.38. The lowest BCUT2D eigenvalue weighted by atomic mass is 10.0. The first-order valence-corrected chi connectivity index (χ1v) is 9.61. The second-order valence-corrected chi connectivity index (χ2v) is 7.19. The Morgan fingerprint density at radius 1 is 0.828 bits per heavy atom. The number of nitrogens with zero attached hydrogens (tertiary/aromatic N) is 2. The maximum absolute atomic E-state index is 14.6. The minimum absolute atomic E-state index is 0.307. The maximum atomic E-state index is 14.6. The van der Waals surface area contributed by atoms with Gasteiger partial charge in [0.2, 0.25) is 11.8 Å². The lowest BCUT2D eigenvalue weighted by Gasteiger charge is -2.18. The Labute approximate surface area is 169 Å². The fourth-order valence-electron chi connectivity index (χ4n) is 3.16. The van der Waals surface area contributed by atoms with E-state index in [9.17, 15) is 4.39 Å². The van der Waals surface area contributed by atoms with Gasteiger partial charge in [-0.25, -0.2) is 4.39 Å². The van der Waals surface area contributed by atoms with E-state index in [0.717, 1.165) is 11.3 Å². The van der Waals surface area contributed by atoms with Gasteiger partial charge in [0.05, 0.1) is 0 Å². The van der Waals surface area contributed by atoms with Gasteiger partial charge in [-0.15, -0.1) is 10.2 Å². The third-order valence-electron chi connectivity index (χ3n) is 4.81. The molecule has 0 saturated heterocycles. The van der Waals surface area contributed by atoms with Crippen LogP contribution in [0.4, 0.5) is 10.1 Å². The normalized spacial score (nSPS) is 12.1. The molecule has 0 amide bonds. The standard InChI is InChI=1S/C24H22FN3O/c1-16(2)17-12-14-19(15-13-17)26-22(20-10-6-7-11-21(20)25)24-28-27-23(29-24)18-8-4-3-5-9-18/h3-16,22,26H,1-2H3. The molecule has 0 spiro atoms. The second-order valence-electron chi connectivity index (χ2n) is 7.19. The van der Waals surface area contributed by atoms with Gasteiger partial charge in [-0.3, -0.25) is 0 Å². The number of nitrogens with one attached hydrogen (secondary N) is 1. The highest BCUT2D eigenvalue weighted by Gasteiger charge is 2.24. The van der Waals surface area contributed by atoms with Crippen LogP contribution in [0.3, 0.4) is 0 Å². The van der Waals surface area contributed by atoms with Crippen molar-refractivity contribution in [2.75, 3.05) is 5.32 Å². The summed E-state index contributed by atoms with van der Waals surface area (Å²) in [6, 6.07) is 23.6. The number of aromatic nitrogens is 2. The van der Waals surface area contributed by atoms with Crippen molar-refractivity contribution in [1.29, 1.82) is 0 Å². The summed E-state index contributed by atoms with van der Waals surface area (Å²) in [6.07, 6.45) is 0. The van der Waals surface area contributed by atoms with Crippen molar-refractivity contribution < 1.29 is 8.81 Å². The summed E-state index contributed by atoms with van der Waals surface area (Å²) in [5, 5.41) is 11.7. The Morgan fingerprint density at radius 3 is 2.21 bits per heavy atom. The molecular formula is C24H22FN3O. The number of hydrogen-bond donors (Lipinski definition) is 1. The van der Waals surface area contributed by atoms with Crippen LogP contribution in [-0.2, 0) is 0 Å². The summed E-state index contributed by atoms with van der Waals surface area (Å²) in [6.45, 7) is 4.29. The zero-order chi connectivity index (χ0) is 20.2. The monoisotopic (exact) mass is 387 g/mol. The molecule has 0 saturated carbocycles. The molecule has 3 aromatic carbocycles. The predicted molar refractivity (Wildman–Crippen MR) is 112 cm³/mol. The van der Waals surface area contributed by atoms with Crippen molar-refractivity contribution in [3.63, 3.8) is 0 Å². The molecule has 0 aliphatic heterocycles. The van der Waals surface area contributed by atoms with Crippen molar-refractivity contribution in [1.82, 2.24) is 10.2 Å². The van der Waals surface area contributed by atoms with Crippen LogP contribution in [0.15, 0.2) is 83.3 Å². The number of rotatable bonds is 6. The number of anilines is 1. The van der Waals surface area contributed by atoms with E-state index in [1.165, 1.54) is 11.6 Å². The summed E-state index contributed by atoms with van der Waals surface area (Å²) >= 11 is 0. The van der Waals surface area contributed by atoms with E-state index in [0.29, 0.717) is 23.3 Å². The highest BCUT2D eigenvalue weighted by atomic mass is 19.1. The van der Waals surface area contributed by atoms with Crippen LogP contribution in [0, 0.1) is 5.82 Å². The molecule has 1 atom stereocenters. The topological polar surface area (TPSA) is 51.0 Å². The third-order valence-corrected chi connectivity index (χ3v) is 4.81. The van der Waals surface area contributed by atoms with Crippen LogP contribution in [0.1, 0.15) is 42.8 Å². The molecule has 4 rings (SSSR count). The van der Waals surface area contributed by atoms with Gasteiger partial charge >= 0.3 is 0 Å². The molecule has 29 heavy (non-hydrogen) atoms. The van der Waals surface area contributed by atoms with E-state index in [2.05, 4.69) is 41.5 Å². The van der Waals surface area contributed by atoms with E-state index < -0.39 is 6.04 Å². The van der Waals surface area contributed by atoms with E-state index in [4.69, 9.17) is 4.42 Å². The minimum atomic E-state index is -0.605. The van der Waals surface area contributed by atoms with Crippen LogP contribution in [-0.4, -0.2) is 10.2 Å².